The number of nitrogens with one attached hydrogen (secondary N) is 2. The fraction of sp³-hybridized carbons (Fsp3) is 0.176. The van der Waals surface area contributed by atoms with E-state index in [-0.39, 0.29) is 5.56 Å². The van der Waals surface area contributed by atoms with Gasteiger partial charge in [-0.15, -0.1) is 0 Å². The molecule has 1 aromatic heterocycles. The minimum atomic E-state index is -1.19. The fourth-order valence-corrected chi connectivity index (χ4v) is 3.11. The van der Waals surface area contributed by atoms with Crippen LogP contribution >= 0.6 is 15.9 Å². The molecule has 25 heavy (non-hydrogen) atoms. The molecule has 8 heteroatoms. The summed E-state index contributed by atoms with van der Waals surface area (Å²) >= 11 is 3.22. The number of aromatic nitrogens is 1. The second-order valence-electron chi connectivity index (χ2n) is 5.53. The molecule has 1 atom stereocenters. The zero-order valence-electron chi connectivity index (χ0n) is 13.3. The third-order valence-corrected chi connectivity index (χ3v) is 4.50. The van der Waals surface area contributed by atoms with Crippen molar-refractivity contribution in [2.45, 2.75) is 18.9 Å². The highest BCUT2D eigenvalue weighted by Gasteiger charge is 2.52. The van der Waals surface area contributed by atoms with Crippen LogP contribution in [0.3, 0.4) is 0 Å². The average molecular weight is 403 g/mol. The van der Waals surface area contributed by atoms with Crippen LogP contribution in [-0.2, 0) is 10.3 Å². The number of amides is 4. The number of pyridine rings is 1. The van der Waals surface area contributed by atoms with E-state index in [1.165, 1.54) is 12.4 Å². The Hall–Kier alpha value is -2.74. The van der Waals surface area contributed by atoms with E-state index < -0.39 is 23.4 Å². The fourth-order valence-electron chi connectivity index (χ4n) is 2.74. The number of carbonyl (C=O) groups is 3. The molecule has 1 saturated heterocycles. The largest absolute Gasteiger partial charge is 0.344 e. The Labute approximate surface area is 152 Å². The monoisotopic (exact) mass is 402 g/mol. The Kier molecular flexibility index (Phi) is 4.54. The lowest BCUT2D eigenvalue weighted by Crippen LogP contribution is -2.48. The van der Waals surface area contributed by atoms with Crippen LogP contribution in [-0.4, -0.2) is 27.8 Å². The zero-order valence-corrected chi connectivity index (χ0v) is 14.9. The van der Waals surface area contributed by atoms with Crippen molar-refractivity contribution in [2.75, 3.05) is 0 Å². The van der Waals surface area contributed by atoms with Crippen LogP contribution in [0.2, 0.25) is 0 Å². The Bertz CT molecular complexity index is 843. The van der Waals surface area contributed by atoms with Gasteiger partial charge in [-0.25, -0.2) is 4.79 Å². The second kappa shape index (κ2) is 6.64. The third kappa shape index (κ3) is 3.00. The minimum absolute atomic E-state index is 0.226. The van der Waals surface area contributed by atoms with Crippen LogP contribution in [0, 0.1) is 0 Å². The van der Waals surface area contributed by atoms with E-state index >= 15 is 0 Å². The van der Waals surface area contributed by atoms with E-state index in [0.29, 0.717) is 16.5 Å². The van der Waals surface area contributed by atoms with Crippen LogP contribution in [0.25, 0.3) is 0 Å². The Morgan fingerprint density at radius 3 is 2.64 bits per heavy atom. The molecule has 0 saturated carbocycles. The van der Waals surface area contributed by atoms with Crippen LogP contribution in [0.4, 0.5) is 4.79 Å². The number of imide groups is 1. The SMILES string of the molecule is CC[C@]1(c2ccccc2)NC(=O)N(NC(=O)c2cncc(Br)c2)C1=O. The van der Waals surface area contributed by atoms with Crippen LogP contribution < -0.4 is 10.7 Å². The Morgan fingerprint density at radius 1 is 1.28 bits per heavy atom. The van der Waals surface area contributed by atoms with Crippen molar-refractivity contribution in [3.05, 3.63) is 64.4 Å². The number of rotatable bonds is 4. The van der Waals surface area contributed by atoms with Crippen molar-refractivity contribution in [3.63, 3.8) is 0 Å². The summed E-state index contributed by atoms with van der Waals surface area (Å²) in [7, 11) is 0. The van der Waals surface area contributed by atoms with E-state index in [4.69, 9.17) is 0 Å². The maximum absolute atomic E-state index is 12.9. The van der Waals surface area contributed by atoms with Gasteiger partial charge in [0.15, 0.2) is 0 Å². The van der Waals surface area contributed by atoms with Crippen molar-refractivity contribution in [1.82, 2.24) is 20.7 Å². The Morgan fingerprint density at radius 2 is 2.00 bits per heavy atom. The summed E-state index contributed by atoms with van der Waals surface area (Å²) in [6.07, 6.45) is 3.23. The lowest BCUT2D eigenvalue weighted by molar-refractivity contribution is -0.133. The molecule has 128 valence electrons. The normalized spacial score (nSPS) is 19.7. The van der Waals surface area contributed by atoms with Crippen molar-refractivity contribution < 1.29 is 14.4 Å². The highest BCUT2D eigenvalue weighted by atomic mass is 79.9. The summed E-state index contributed by atoms with van der Waals surface area (Å²) in [5, 5.41) is 3.42. The van der Waals surface area contributed by atoms with Crippen molar-refractivity contribution >= 4 is 33.8 Å². The number of nitrogens with zero attached hydrogens (tertiary/aromatic N) is 2. The third-order valence-electron chi connectivity index (χ3n) is 4.07. The maximum Gasteiger partial charge on any atom is 0.344 e. The first-order valence-electron chi connectivity index (χ1n) is 7.61. The molecule has 1 fully saturated rings. The molecule has 4 amide bonds. The number of hydrogen-bond acceptors (Lipinski definition) is 4. The van der Waals surface area contributed by atoms with E-state index in [1.54, 1.807) is 37.3 Å². The number of carbonyl (C=O) groups excluding carboxylic acids is 3. The predicted octanol–water partition coefficient (Wildman–Crippen LogP) is 2.35. The predicted molar refractivity (Wildman–Crippen MR) is 93.2 cm³/mol. The quantitative estimate of drug-likeness (QED) is 0.767. The van der Waals surface area contributed by atoms with E-state index in [0.717, 1.165) is 5.01 Å². The number of hydrazine groups is 1. The number of hydrogen-bond donors (Lipinski definition) is 2. The summed E-state index contributed by atoms with van der Waals surface area (Å²) in [6, 6.07) is 9.82. The van der Waals surface area contributed by atoms with Gasteiger partial charge >= 0.3 is 6.03 Å². The van der Waals surface area contributed by atoms with Gasteiger partial charge in [-0.2, -0.15) is 5.01 Å². The van der Waals surface area contributed by atoms with Crippen LogP contribution in [0.1, 0.15) is 29.3 Å². The molecular weight excluding hydrogens is 388 g/mol. The zero-order chi connectivity index (χ0) is 18.0. The van der Waals surface area contributed by atoms with Gasteiger partial charge in [-0.05, 0) is 34.0 Å². The highest BCUT2D eigenvalue weighted by molar-refractivity contribution is 9.10. The first kappa shape index (κ1) is 17.1. The van der Waals surface area contributed by atoms with Gasteiger partial charge in [0.2, 0.25) is 0 Å². The van der Waals surface area contributed by atoms with Crippen LogP contribution in [0.5, 0.6) is 0 Å². The van der Waals surface area contributed by atoms with Gasteiger partial charge in [0.1, 0.15) is 5.54 Å². The van der Waals surface area contributed by atoms with E-state index in [2.05, 4.69) is 31.7 Å². The molecule has 1 aromatic carbocycles. The molecule has 1 aliphatic rings. The smallest absolute Gasteiger partial charge is 0.318 e. The average Bonchev–Trinajstić information content (AvgIpc) is 2.87. The number of urea groups is 1. The molecule has 0 radical (unpaired) electrons. The summed E-state index contributed by atoms with van der Waals surface area (Å²) in [4.78, 5) is 41.5. The number of benzene rings is 1. The molecule has 7 nitrogen and oxygen atoms in total. The highest BCUT2D eigenvalue weighted by Crippen LogP contribution is 2.31. The van der Waals surface area contributed by atoms with Gasteiger partial charge in [0.05, 0.1) is 5.56 Å². The van der Waals surface area contributed by atoms with Crippen molar-refractivity contribution in [2.24, 2.45) is 0 Å². The topological polar surface area (TPSA) is 91.4 Å². The summed E-state index contributed by atoms with van der Waals surface area (Å²) in [5.74, 6) is -1.13. The molecule has 2 N–H and O–H groups in total. The molecular formula is C17H15BrN4O3. The summed E-state index contributed by atoms with van der Waals surface area (Å²) in [5.41, 5.74) is 2.05. The molecule has 0 spiro atoms. The van der Waals surface area contributed by atoms with Gasteiger partial charge in [0.25, 0.3) is 11.8 Å². The first-order valence-corrected chi connectivity index (χ1v) is 8.41. The summed E-state index contributed by atoms with van der Waals surface area (Å²) in [6.45, 7) is 1.80. The molecule has 0 aliphatic carbocycles. The molecule has 3 rings (SSSR count). The van der Waals surface area contributed by atoms with E-state index in [1.807, 2.05) is 6.07 Å². The minimum Gasteiger partial charge on any atom is -0.318 e. The Balaban J connectivity index is 1.87. The van der Waals surface area contributed by atoms with Gasteiger partial charge in [-0.3, -0.25) is 20.0 Å². The standard InChI is InChI=1S/C17H15BrN4O3/c1-2-17(12-6-4-3-5-7-12)15(24)22(16(25)20-17)21-14(23)11-8-13(18)10-19-9-11/h3-10H,2H2,1H3,(H,20,25)(H,21,23)/t17-/m1/s1. The van der Waals surface area contributed by atoms with Crippen molar-refractivity contribution in [3.8, 4) is 0 Å². The molecule has 1 aliphatic heterocycles. The summed E-state index contributed by atoms with van der Waals surface area (Å²) < 4.78 is 0.615. The first-order chi connectivity index (χ1) is 12.0. The number of halogens is 1. The van der Waals surface area contributed by atoms with Gasteiger partial charge < -0.3 is 5.32 Å². The molecule has 2 aromatic rings. The molecule has 0 bridgehead atoms. The molecule has 2 heterocycles. The van der Waals surface area contributed by atoms with E-state index in [9.17, 15) is 14.4 Å². The van der Waals surface area contributed by atoms with Crippen molar-refractivity contribution in [1.29, 1.82) is 0 Å². The molecule has 0 unspecified atom stereocenters. The van der Waals surface area contributed by atoms with Gasteiger partial charge in [-0.1, -0.05) is 37.3 Å². The van der Waals surface area contributed by atoms with Crippen LogP contribution in [0.15, 0.2) is 53.3 Å². The maximum atomic E-state index is 12.9. The second-order valence-corrected chi connectivity index (χ2v) is 6.44. The van der Waals surface area contributed by atoms with Gasteiger partial charge in [0, 0.05) is 16.9 Å². The lowest BCUT2D eigenvalue weighted by atomic mass is 9.87. The lowest BCUT2D eigenvalue weighted by Gasteiger charge is -2.25.